The SMILES string of the molecule is Cc1nn(C)c2nc(C3CC3)cc(C(=O)N3CCC[C@@H](C)C3)c12. The Morgan fingerprint density at radius 2 is 2.09 bits per heavy atom. The Hall–Kier alpha value is -1.91. The van der Waals surface area contributed by atoms with Gasteiger partial charge in [-0.15, -0.1) is 0 Å². The van der Waals surface area contributed by atoms with Crippen molar-refractivity contribution in [3.05, 3.63) is 23.0 Å². The van der Waals surface area contributed by atoms with Crippen molar-refractivity contribution in [1.29, 1.82) is 0 Å². The van der Waals surface area contributed by atoms with Crippen molar-refractivity contribution < 1.29 is 4.79 Å². The van der Waals surface area contributed by atoms with Gasteiger partial charge in [0.2, 0.25) is 0 Å². The fraction of sp³-hybridized carbons (Fsp3) is 0.611. The minimum atomic E-state index is 0.155. The van der Waals surface area contributed by atoms with Gasteiger partial charge in [0.15, 0.2) is 5.65 Å². The monoisotopic (exact) mass is 312 g/mol. The molecule has 2 aromatic heterocycles. The Kier molecular flexibility index (Phi) is 3.39. The average Bonchev–Trinajstić information content (AvgIpc) is 3.33. The Balaban J connectivity index is 1.82. The summed E-state index contributed by atoms with van der Waals surface area (Å²) in [6.45, 7) is 5.93. The maximum Gasteiger partial charge on any atom is 0.254 e. The van der Waals surface area contributed by atoms with E-state index in [-0.39, 0.29) is 5.91 Å². The first-order valence-corrected chi connectivity index (χ1v) is 8.68. The summed E-state index contributed by atoms with van der Waals surface area (Å²) in [6.07, 6.45) is 4.69. The van der Waals surface area contributed by atoms with Crippen LogP contribution >= 0.6 is 0 Å². The van der Waals surface area contributed by atoms with Crippen molar-refractivity contribution in [2.24, 2.45) is 13.0 Å². The normalized spacial score (nSPS) is 21.9. The third-order valence-electron chi connectivity index (χ3n) is 5.16. The summed E-state index contributed by atoms with van der Waals surface area (Å²) < 4.78 is 1.81. The lowest BCUT2D eigenvalue weighted by Crippen LogP contribution is -2.39. The zero-order chi connectivity index (χ0) is 16.1. The van der Waals surface area contributed by atoms with Crippen LogP contribution in [0, 0.1) is 12.8 Å². The van der Waals surface area contributed by atoms with Gasteiger partial charge >= 0.3 is 0 Å². The van der Waals surface area contributed by atoms with Gasteiger partial charge in [-0.3, -0.25) is 9.48 Å². The van der Waals surface area contributed by atoms with E-state index < -0.39 is 0 Å². The van der Waals surface area contributed by atoms with E-state index in [1.165, 1.54) is 19.3 Å². The van der Waals surface area contributed by atoms with Crippen LogP contribution in [0.25, 0.3) is 11.0 Å². The molecule has 23 heavy (non-hydrogen) atoms. The van der Waals surface area contributed by atoms with Gasteiger partial charge in [0.05, 0.1) is 16.6 Å². The lowest BCUT2D eigenvalue weighted by atomic mass is 9.98. The molecule has 1 amide bonds. The van der Waals surface area contributed by atoms with Gasteiger partial charge in [0.1, 0.15) is 0 Å². The Morgan fingerprint density at radius 3 is 2.78 bits per heavy atom. The van der Waals surface area contributed by atoms with Gasteiger partial charge < -0.3 is 4.90 Å². The minimum absolute atomic E-state index is 0.155. The predicted molar refractivity (Wildman–Crippen MR) is 89.5 cm³/mol. The summed E-state index contributed by atoms with van der Waals surface area (Å²) in [6, 6.07) is 2.04. The van der Waals surface area contributed by atoms with Crippen LogP contribution in [0.3, 0.4) is 0 Å². The van der Waals surface area contributed by atoms with Crippen molar-refractivity contribution in [3.63, 3.8) is 0 Å². The third kappa shape index (κ3) is 2.52. The van der Waals surface area contributed by atoms with E-state index in [2.05, 4.69) is 12.0 Å². The Bertz CT molecular complexity index is 775. The fourth-order valence-corrected chi connectivity index (χ4v) is 3.77. The van der Waals surface area contributed by atoms with Crippen molar-refractivity contribution in [1.82, 2.24) is 19.7 Å². The molecule has 2 aliphatic rings. The summed E-state index contributed by atoms with van der Waals surface area (Å²) in [7, 11) is 1.91. The highest BCUT2D eigenvalue weighted by molar-refractivity contribution is 6.06. The smallest absolute Gasteiger partial charge is 0.254 e. The predicted octanol–water partition coefficient (Wildman–Crippen LogP) is 3.03. The lowest BCUT2D eigenvalue weighted by molar-refractivity contribution is 0.0685. The zero-order valence-electron chi connectivity index (χ0n) is 14.2. The molecule has 2 aromatic rings. The second kappa shape index (κ2) is 5.32. The van der Waals surface area contributed by atoms with Gasteiger partial charge in [0.25, 0.3) is 5.91 Å². The minimum Gasteiger partial charge on any atom is -0.338 e. The van der Waals surface area contributed by atoms with Gasteiger partial charge in [-0.1, -0.05) is 6.92 Å². The highest BCUT2D eigenvalue weighted by Gasteiger charge is 2.30. The quantitative estimate of drug-likeness (QED) is 0.856. The fourth-order valence-electron chi connectivity index (χ4n) is 3.77. The van der Waals surface area contributed by atoms with E-state index in [0.717, 1.165) is 47.5 Å². The molecule has 122 valence electrons. The second-order valence-electron chi connectivity index (χ2n) is 7.28. The molecule has 4 rings (SSSR count). The molecular weight excluding hydrogens is 288 g/mol. The first-order chi connectivity index (χ1) is 11.0. The molecule has 0 N–H and O–H groups in total. The number of hydrogen-bond donors (Lipinski definition) is 0. The number of hydrogen-bond acceptors (Lipinski definition) is 3. The summed E-state index contributed by atoms with van der Waals surface area (Å²) in [4.78, 5) is 20.0. The van der Waals surface area contributed by atoms with Crippen LogP contribution in [0.1, 0.15) is 60.3 Å². The van der Waals surface area contributed by atoms with Crippen LogP contribution in [0.15, 0.2) is 6.07 Å². The van der Waals surface area contributed by atoms with Crippen LogP contribution in [-0.2, 0) is 7.05 Å². The number of fused-ring (bicyclic) bond motifs is 1. The van der Waals surface area contributed by atoms with E-state index in [1.807, 2.05) is 29.6 Å². The average molecular weight is 312 g/mol. The molecule has 0 spiro atoms. The van der Waals surface area contributed by atoms with Crippen LogP contribution in [0.5, 0.6) is 0 Å². The maximum atomic E-state index is 13.2. The molecular formula is C18H24N4O. The standard InChI is InChI=1S/C18H24N4O/c1-11-5-4-8-22(10-11)18(23)14-9-15(13-6-7-13)19-17-16(14)12(2)20-21(17)3/h9,11,13H,4-8,10H2,1-3H3/t11-/m1/s1. The number of pyridine rings is 1. The first kappa shape index (κ1) is 14.7. The summed E-state index contributed by atoms with van der Waals surface area (Å²) in [5, 5.41) is 5.43. The number of amides is 1. The number of rotatable bonds is 2. The van der Waals surface area contributed by atoms with Crippen molar-refractivity contribution in [2.45, 2.75) is 45.4 Å². The van der Waals surface area contributed by atoms with E-state index in [9.17, 15) is 4.79 Å². The molecule has 2 fully saturated rings. The van der Waals surface area contributed by atoms with Gasteiger partial charge in [-0.25, -0.2) is 4.98 Å². The molecule has 3 heterocycles. The number of aromatic nitrogens is 3. The Morgan fingerprint density at radius 1 is 1.30 bits per heavy atom. The van der Waals surface area contributed by atoms with Crippen molar-refractivity contribution >= 4 is 16.9 Å². The number of nitrogens with zero attached hydrogens (tertiary/aromatic N) is 4. The molecule has 1 aliphatic carbocycles. The lowest BCUT2D eigenvalue weighted by Gasteiger charge is -2.31. The van der Waals surface area contributed by atoms with E-state index in [1.54, 1.807) is 0 Å². The molecule has 0 aromatic carbocycles. The summed E-state index contributed by atoms with van der Waals surface area (Å²) in [5.74, 6) is 1.27. The van der Waals surface area contributed by atoms with Crippen LogP contribution in [0.4, 0.5) is 0 Å². The second-order valence-corrected chi connectivity index (χ2v) is 7.28. The summed E-state index contributed by atoms with van der Waals surface area (Å²) >= 11 is 0. The largest absolute Gasteiger partial charge is 0.338 e. The van der Waals surface area contributed by atoms with Crippen LogP contribution < -0.4 is 0 Å². The van der Waals surface area contributed by atoms with E-state index >= 15 is 0 Å². The topological polar surface area (TPSA) is 51.0 Å². The molecule has 1 saturated carbocycles. The van der Waals surface area contributed by atoms with Crippen LogP contribution in [0.2, 0.25) is 0 Å². The molecule has 0 bridgehead atoms. The zero-order valence-corrected chi connectivity index (χ0v) is 14.2. The highest BCUT2D eigenvalue weighted by atomic mass is 16.2. The number of piperidine rings is 1. The highest BCUT2D eigenvalue weighted by Crippen LogP contribution is 2.40. The summed E-state index contributed by atoms with van der Waals surface area (Å²) in [5.41, 5.74) is 3.61. The van der Waals surface area contributed by atoms with Crippen molar-refractivity contribution in [3.8, 4) is 0 Å². The van der Waals surface area contributed by atoms with Gasteiger partial charge in [-0.2, -0.15) is 5.10 Å². The molecule has 5 nitrogen and oxygen atoms in total. The van der Waals surface area contributed by atoms with E-state index in [4.69, 9.17) is 4.98 Å². The molecule has 1 aliphatic heterocycles. The van der Waals surface area contributed by atoms with E-state index in [0.29, 0.717) is 11.8 Å². The molecule has 1 atom stereocenters. The number of carbonyl (C=O) groups is 1. The number of carbonyl (C=O) groups excluding carboxylic acids is 1. The third-order valence-corrected chi connectivity index (χ3v) is 5.16. The van der Waals surface area contributed by atoms with Crippen LogP contribution in [-0.4, -0.2) is 38.7 Å². The van der Waals surface area contributed by atoms with Crippen molar-refractivity contribution in [2.75, 3.05) is 13.1 Å². The molecule has 5 heteroatoms. The molecule has 0 unspecified atom stereocenters. The van der Waals surface area contributed by atoms with Gasteiger partial charge in [-0.05, 0) is 44.6 Å². The maximum absolute atomic E-state index is 13.2. The first-order valence-electron chi connectivity index (χ1n) is 8.68. The number of likely N-dealkylation sites (tertiary alicyclic amines) is 1. The molecule has 0 radical (unpaired) electrons. The van der Waals surface area contributed by atoms with Gasteiger partial charge in [0, 0.05) is 31.7 Å². The number of aryl methyl sites for hydroxylation is 2. The molecule has 1 saturated heterocycles. The Labute approximate surface area is 136 Å².